The summed E-state index contributed by atoms with van der Waals surface area (Å²) >= 11 is 0. The van der Waals surface area contributed by atoms with E-state index in [9.17, 15) is 4.79 Å². The third-order valence-electron chi connectivity index (χ3n) is 3.43. The van der Waals surface area contributed by atoms with E-state index in [1.54, 1.807) is 6.92 Å². The summed E-state index contributed by atoms with van der Waals surface area (Å²) in [6.45, 7) is 15.5. The summed E-state index contributed by atoms with van der Waals surface area (Å²) in [6.07, 6.45) is 5.07. The van der Waals surface area contributed by atoms with Gasteiger partial charge in [0.25, 0.3) is 0 Å². The molecule has 17 heavy (non-hydrogen) atoms. The van der Waals surface area contributed by atoms with Gasteiger partial charge in [-0.1, -0.05) is 44.7 Å². The molecule has 0 bridgehead atoms. The molecule has 0 radical (unpaired) electrons. The summed E-state index contributed by atoms with van der Waals surface area (Å²) in [7, 11) is 0. The zero-order valence-corrected chi connectivity index (χ0v) is 11.2. The van der Waals surface area contributed by atoms with Gasteiger partial charge in [-0.2, -0.15) is 0 Å². The average molecular weight is 233 g/mol. The van der Waals surface area contributed by atoms with Crippen molar-refractivity contribution >= 4 is 5.91 Å². The fraction of sp³-hybridized carbons (Fsp3) is 0.533. The molecule has 1 rings (SSSR count). The maximum Gasteiger partial charge on any atom is 0.219 e. The lowest BCUT2D eigenvalue weighted by atomic mass is 9.93. The number of nitrogens with zero attached hydrogens (tertiary/aromatic N) is 1. The van der Waals surface area contributed by atoms with Gasteiger partial charge in [-0.3, -0.25) is 4.79 Å². The van der Waals surface area contributed by atoms with Crippen LogP contribution < -0.4 is 0 Å². The number of likely N-dealkylation sites (tertiary alicyclic amines) is 1. The highest BCUT2D eigenvalue weighted by Crippen LogP contribution is 2.26. The molecule has 1 saturated heterocycles. The van der Waals surface area contributed by atoms with E-state index in [4.69, 9.17) is 0 Å². The predicted molar refractivity (Wildman–Crippen MR) is 72.6 cm³/mol. The number of carbonyl (C=O) groups is 1. The summed E-state index contributed by atoms with van der Waals surface area (Å²) in [5.74, 6) is 1.04. The molecule has 1 heterocycles. The maximum absolute atomic E-state index is 11.3. The SMILES string of the molecule is C=C/C(=C\C(=C)C(C)C)C1CCN(C(C)=O)C1. The minimum atomic E-state index is 0.165. The van der Waals surface area contributed by atoms with Crippen molar-refractivity contribution < 1.29 is 4.79 Å². The Hall–Kier alpha value is -1.31. The number of carbonyl (C=O) groups excluding carboxylic acids is 1. The molecule has 2 heteroatoms. The Morgan fingerprint density at radius 2 is 2.12 bits per heavy atom. The molecular weight excluding hydrogens is 210 g/mol. The number of hydrogen-bond donors (Lipinski definition) is 0. The van der Waals surface area contributed by atoms with Crippen LogP contribution in [0.3, 0.4) is 0 Å². The van der Waals surface area contributed by atoms with Gasteiger partial charge >= 0.3 is 0 Å². The van der Waals surface area contributed by atoms with Crippen molar-refractivity contribution in [1.82, 2.24) is 4.90 Å². The van der Waals surface area contributed by atoms with Crippen LogP contribution in [0.1, 0.15) is 27.2 Å². The molecule has 0 saturated carbocycles. The van der Waals surface area contributed by atoms with Gasteiger partial charge in [0.05, 0.1) is 0 Å². The van der Waals surface area contributed by atoms with Crippen molar-refractivity contribution in [3.05, 3.63) is 36.5 Å². The fourth-order valence-corrected chi connectivity index (χ4v) is 2.04. The van der Waals surface area contributed by atoms with E-state index in [2.05, 4.69) is 33.1 Å². The molecule has 0 aromatic heterocycles. The molecular formula is C15H23NO. The van der Waals surface area contributed by atoms with Crippen LogP contribution in [0.25, 0.3) is 0 Å². The molecule has 1 aliphatic heterocycles. The molecule has 1 amide bonds. The molecule has 1 atom stereocenters. The molecule has 2 nitrogen and oxygen atoms in total. The lowest BCUT2D eigenvalue weighted by Crippen LogP contribution is -2.26. The molecule has 1 unspecified atom stereocenters. The standard InChI is InChI=1S/C15H23NO/c1-6-14(9-12(4)11(2)3)15-7-8-16(10-15)13(5)17/h6,9,11,15H,1,4,7-8,10H2,2-3,5H3/b14-9+. The largest absolute Gasteiger partial charge is 0.342 e. The highest BCUT2D eigenvalue weighted by Gasteiger charge is 2.25. The topological polar surface area (TPSA) is 20.3 Å². The average Bonchev–Trinajstić information content (AvgIpc) is 2.74. The number of hydrogen-bond acceptors (Lipinski definition) is 1. The molecule has 0 aliphatic carbocycles. The van der Waals surface area contributed by atoms with Crippen molar-refractivity contribution in [2.75, 3.05) is 13.1 Å². The molecule has 94 valence electrons. The second-order valence-corrected chi connectivity index (χ2v) is 5.03. The lowest BCUT2D eigenvalue weighted by Gasteiger charge is -2.15. The zero-order chi connectivity index (χ0) is 13.0. The quantitative estimate of drug-likeness (QED) is 0.683. The summed E-state index contributed by atoms with van der Waals surface area (Å²) in [6, 6.07) is 0. The van der Waals surface area contributed by atoms with Crippen LogP contribution in [0, 0.1) is 11.8 Å². The third-order valence-corrected chi connectivity index (χ3v) is 3.43. The number of amides is 1. The maximum atomic E-state index is 11.3. The monoisotopic (exact) mass is 233 g/mol. The third kappa shape index (κ3) is 3.58. The minimum Gasteiger partial charge on any atom is -0.342 e. The van der Waals surface area contributed by atoms with Crippen molar-refractivity contribution in [2.24, 2.45) is 11.8 Å². The van der Waals surface area contributed by atoms with Crippen molar-refractivity contribution in [3.63, 3.8) is 0 Å². The number of allylic oxidation sites excluding steroid dienone is 3. The second-order valence-electron chi connectivity index (χ2n) is 5.03. The van der Waals surface area contributed by atoms with E-state index in [1.165, 1.54) is 5.57 Å². The zero-order valence-electron chi connectivity index (χ0n) is 11.2. The summed E-state index contributed by atoms with van der Waals surface area (Å²) in [5, 5.41) is 0. The van der Waals surface area contributed by atoms with Gasteiger partial charge in [-0.15, -0.1) is 0 Å². The van der Waals surface area contributed by atoms with Gasteiger partial charge < -0.3 is 4.90 Å². The second kappa shape index (κ2) is 5.85. The first kappa shape index (κ1) is 13.8. The van der Waals surface area contributed by atoms with Crippen LogP contribution in [0.5, 0.6) is 0 Å². The highest BCUT2D eigenvalue weighted by atomic mass is 16.2. The van der Waals surface area contributed by atoms with Crippen LogP contribution >= 0.6 is 0 Å². The van der Waals surface area contributed by atoms with Crippen LogP contribution in [-0.4, -0.2) is 23.9 Å². The Balaban J connectivity index is 2.74. The lowest BCUT2D eigenvalue weighted by molar-refractivity contribution is -0.127. The van der Waals surface area contributed by atoms with Crippen LogP contribution in [0.4, 0.5) is 0 Å². The van der Waals surface area contributed by atoms with E-state index >= 15 is 0 Å². The van der Waals surface area contributed by atoms with E-state index in [0.717, 1.165) is 25.1 Å². The highest BCUT2D eigenvalue weighted by molar-refractivity contribution is 5.73. The Bertz CT molecular complexity index is 352. The van der Waals surface area contributed by atoms with Crippen LogP contribution in [0.2, 0.25) is 0 Å². The first-order valence-corrected chi connectivity index (χ1v) is 6.24. The Morgan fingerprint density at radius 3 is 2.53 bits per heavy atom. The van der Waals surface area contributed by atoms with E-state index in [0.29, 0.717) is 11.8 Å². The van der Waals surface area contributed by atoms with E-state index in [1.807, 2.05) is 11.0 Å². The van der Waals surface area contributed by atoms with Crippen molar-refractivity contribution in [1.29, 1.82) is 0 Å². The van der Waals surface area contributed by atoms with E-state index < -0.39 is 0 Å². The molecule has 0 aromatic carbocycles. The predicted octanol–water partition coefficient (Wildman–Crippen LogP) is 3.18. The first-order chi connectivity index (χ1) is 7.95. The molecule has 1 fully saturated rings. The minimum absolute atomic E-state index is 0.165. The Morgan fingerprint density at radius 1 is 1.47 bits per heavy atom. The molecule has 0 N–H and O–H groups in total. The summed E-state index contributed by atoms with van der Waals surface area (Å²) in [4.78, 5) is 13.2. The van der Waals surface area contributed by atoms with Gasteiger partial charge in [-0.05, 0) is 17.9 Å². The Kier molecular flexibility index (Phi) is 4.73. The van der Waals surface area contributed by atoms with Crippen molar-refractivity contribution in [2.45, 2.75) is 27.2 Å². The van der Waals surface area contributed by atoms with Gasteiger partial charge in [0.2, 0.25) is 5.91 Å². The van der Waals surface area contributed by atoms with Crippen molar-refractivity contribution in [3.8, 4) is 0 Å². The summed E-state index contributed by atoms with van der Waals surface area (Å²) in [5.41, 5.74) is 2.34. The fourth-order valence-electron chi connectivity index (χ4n) is 2.04. The summed E-state index contributed by atoms with van der Waals surface area (Å²) < 4.78 is 0. The Labute approximate surface area is 105 Å². The molecule has 0 aromatic rings. The van der Waals surface area contributed by atoms with Crippen LogP contribution in [-0.2, 0) is 4.79 Å². The normalized spacial score (nSPS) is 20.8. The van der Waals surface area contributed by atoms with Gasteiger partial charge in [0.1, 0.15) is 0 Å². The van der Waals surface area contributed by atoms with Gasteiger partial charge in [0, 0.05) is 25.9 Å². The number of rotatable bonds is 4. The van der Waals surface area contributed by atoms with Gasteiger partial charge in [-0.25, -0.2) is 0 Å². The smallest absolute Gasteiger partial charge is 0.219 e. The van der Waals surface area contributed by atoms with E-state index in [-0.39, 0.29) is 5.91 Å². The first-order valence-electron chi connectivity index (χ1n) is 6.24. The van der Waals surface area contributed by atoms with Crippen LogP contribution in [0.15, 0.2) is 36.5 Å². The molecule has 0 spiro atoms. The molecule has 1 aliphatic rings. The van der Waals surface area contributed by atoms with Gasteiger partial charge in [0.15, 0.2) is 0 Å².